The summed E-state index contributed by atoms with van der Waals surface area (Å²) in [5.41, 5.74) is 3.64. The Labute approximate surface area is 198 Å². The Kier molecular flexibility index (Phi) is 6.47. The molecule has 0 saturated carbocycles. The van der Waals surface area contributed by atoms with Crippen LogP contribution in [0.25, 0.3) is 0 Å². The van der Waals surface area contributed by atoms with Gasteiger partial charge in [0.1, 0.15) is 5.78 Å². The summed E-state index contributed by atoms with van der Waals surface area (Å²) in [6.07, 6.45) is 2.37. The van der Waals surface area contributed by atoms with Gasteiger partial charge < -0.3 is 19.5 Å². The number of carbonyl (C=O) groups excluding carboxylic acids is 2. The molecule has 0 amide bonds. The number of hydrogen-bond donors (Lipinski definition) is 1. The van der Waals surface area contributed by atoms with Crippen LogP contribution in [0.15, 0.2) is 65.5 Å². The third kappa shape index (κ3) is 4.23. The van der Waals surface area contributed by atoms with Crippen molar-refractivity contribution in [3.05, 3.63) is 81.7 Å². The first kappa shape index (κ1) is 22.9. The van der Waals surface area contributed by atoms with Gasteiger partial charge in [-0.05, 0) is 42.3 Å². The monoisotopic (exact) mass is 467 g/mol. The lowest BCUT2D eigenvalue weighted by Crippen LogP contribution is -2.41. The van der Waals surface area contributed by atoms with Crippen molar-refractivity contribution in [2.75, 3.05) is 21.3 Å². The number of ketones is 1. The first-order chi connectivity index (χ1) is 15.9. The van der Waals surface area contributed by atoms with Crippen LogP contribution in [-0.2, 0) is 14.3 Å². The van der Waals surface area contributed by atoms with Crippen LogP contribution in [-0.4, -0.2) is 33.1 Å². The summed E-state index contributed by atoms with van der Waals surface area (Å²) in [4.78, 5) is 26.3. The van der Waals surface area contributed by atoms with Gasteiger partial charge >= 0.3 is 5.97 Å². The van der Waals surface area contributed by atoms with E-state index in [0.717, 1.165) is 16.8 Å². The third-order valence-electron chi connectivity index (χ3n) is 6.31. The van der Waals surface area contributed by atoms with E-state index in [-0.39, 0.29) is 11.7 Å². The van der Waals surface area contributed by atoms with Crippen molar-refractivity contribution in [3.8, 4) is 11.5 Å². The van der Waals surface area contributed by atoms with E-state index in [1.54, 1.807) is 26.4 Å². The van der Waals surface area contributed by atoms with Crippen molar-refractivity contribution in [1.82, 2.24) is 5.32 Å². The summed E-state index contributed by atoms with van der Waals surface area (Å²) in [5, 5.41) is 3.86. The Morgan fingerprint density at radius 3 is 2.42 bits per heavy atom. The third-order valence-corrected chi connectivity index (χ3v) is 6.55. The van der Waals surface area contributed by atoms with Gasteiger partial charge in [-0.25, -0.2) is 4.79 Å². The van der Waals surface area contributed by atoms with Gasteiger partial charge in [-0.1, -0.05) is 35.9 Å². The molecule has 1 aliphatic carbocycles. The molecule has 1 aliphatic heterocycles. The van der Waals surface area contributed by atoms with E-state index >= 15 is 0 Å². The number of rotatable bonds is 5. The van der Waals surface area contributed by atoms with Crippen LogP contribution in [0.5, 0.6) is 11.5 Å². The first-order valence-corrected chi connectivity index (χ1v) is 11.0. The van der Waals surface area contributed by atoms with Crippen LogP contribution < -0.4 is 14.8 Å². The predicted molar refractivity (Wildman–Crippen MR) is 126 cm³/mol. The first-order valence-electron chi connectivity index (χ1n) is 10.7. The van der Waals surface area contributed by atoms with Crippen LogP contribution in [0.1, 0.15) is 36.3 Å². The summed E-state index contributed by atoms with van der Waals surface area (Å²) in [6, 6.07) is 13.0. The molecule has 2 aromatic rings. The molecule has 0 aromatic heterocycles. The zero-order valence-corrected chi connectivity index (χ0v) is 19.7. The molecule has 0 fully saturated rings. The lowest BCUT2D eigenvalue weighted by Gasteiger charge is -2.39. The Morgan fingerprint density at radius 2 is 1.76 bits per heavy atom. The summed E-state index contributed by atoms with van der Waals surface area (Å²) < 4.78 is 15.8. The fraction of sp³-hybridized carbons (Fsp3) is 0.308. The van der Waals surface area contributed by atoms with Gasteiger partial charge in [0.05, 0.1) is 32.8 Å². The molecule has 2 aliphatic rings. The molecule has 6 nitrogen and oxygen atoms in total. The second kappa shape index (κ2) is 9.32. The molecule has 1 N–H and O–H groups in total. The number of carbonyl (C=O) groups is 2. The molecule has 3 atom stereocenters. The quantitative estimate of drug-likeness (QED) is 0.640. The van der Waals surface area contributed by atoms with Gasteiger partial charge in [0.25, 0.3) is 0 Å². The van der Waals surface area contributed by atoms with Gasteiger partial charge in [-0.3, -0.25) is 4.79 Å². The average molecular weight is 468 g/mol. The van der Waals surface area contributed by atoms with Crippen molar-refractivity contribution >= 4 is 23.4 Å². The molecule has 7 heteroatoms. The van der Waals surface area contributed by atoms with E-state index in [2.05, 4.69) is 11.4 Å². The second-order valence-electron chi connectivity index (χ2n) is 8.18. The minimum Gasteiger partial charge on any atom is -0.493 e. The fourth-order valence-corrected chi connectivity index (χ4v) is 5.01. The number of halogens is 1. The van der Waals surface area contributed by atoms with Gasteiger partial charge in [0.15, 0.2) is 11.5 Å². The SMILES string of the molecule is COC(=O)C1=C(C)NC2=CC(c3ccc(OC)c(OC)c3)CC(=O)C2C1c1cccc(Cl)c1. The molecule has 33 heavy (non-hydrogen) atoms. The lowest BCUT2D eigenvalue weighted by molar-refractivity contribution is -0.136. The standard InChI is InChI=1S/C26H26ClNO5/c1-14-23(26(30)33-4)24(16-6-5-7-18(27)10-16)25-19(28-14)11-17(12-20(25)29)15-8-9-21(31-2)22(13-15)32-3/h5-11,13,17,24-25,28H,12H2,1-4H3. The van der Waals surface area contributed by atoms with Crippen molar-refractivity contribution in [2.24, 2.45) is 5.92 Å². The number of methoxy groups -OCH3 is 3. The highest BCUT2D eigenvalue weighted by Crippen LogP contribution is 2.47. The second-order valence-corrected chi connectivity index (χ2v) is 8.62. The van der Waals surface area contributed by atoms with Crippen LogP contribution in [0.2, 0.25) is 5.02 Å². The maximum absolute atomic E-state index is 13.6. The van der Waals surface area contributed by atoms with Crippen LogP contribution in [0.4, 0.5) is 0 Å². The predicted octanol–water partition coefficient (Wildman–Crippen LogP) is 4.75. The lowest BCUT2D eigenvalue weighted by atomic mass is 9.68. The minimum atomic E-state index is -0.530. The molecule has 0 bridgehead atoms. The summed E-state index contributed by atoms with van der Waals surface area (Å²) >= 11 is 6.26. The van der Waals surface area contributed by atoms with Crippen molar-refractivity contribution in [1.29, 1.82) is 0 Å². The molecule has 0 saturated heterocycles. The van der Waals surface area contributed by atoms with E-state index in [1.165, 1.54) is 7.11 Å². The highest BCUT2D eigenvalue weighted by atomic mass is 35.5. The maximum Gasteiger partial charge on any atom is 0.336 e. The number of benzene rings is 2. The van der Waals surface area contributed by atoms with E-state index in [4.69, 9.17) is 25.8 Å². The normalized spacial score (nSPS) is 22.2. The van der Waals surface area contributed by atoms with E-state index in [9.17, 15) is 9.59 Å². The number of esters is 1. The van der Waals surface area contributed by atoms with Gasteiger partial charge in [-0.15, -0.1) is 0 Å². The number of nitrogens with one attached hydrogen (secondary N) is 1. The van der Waals surface area contributed by atoms with Crippen LogP contribution in [0, 0.1) is 5.92 Å². The average Bonchev–Trinajstić information content (AvgIpc) is 2.82. The number of allylic oxidation sites excluding steroid dienone is 3. The summed E-state index contributed by atoms with van der Waals surface area (Å²) in [6.45, 7) is 1.82. The van der Waals surface area contributed by atoms with E-state index in [0.29, 0.717) is 34.2 Å². The largest absolute Gasteiger partial charge is 0.493 e. The zero-order valence-electron chi connectivity index (χ0n) is 19.0. The zero-order chi connectivity index (χ0) is 23.7. The molecule has 4 rings (SSSR count). The summed E-state index contributed by atoms with van der Waals surface area (Å²) in [7, 11) is 4.52. The highest BCUT2D eigenvalue weighted by molar-refractivity contribution is 6.30. The highest BCUT2D eigenvalue weighted by Gasteiger charge is 2.45. The van der Waals surface area contributed by atoms with Crippen LogP contribution in [0.3, 0.4) is 0 Å². The maximum atomic E-state index is 13.6. The number of fused-ring (bicyclic) bond motifs is 1. The molecular formula is C26H26ClNO5. The molecule has 0 spiro atoms. The Balaban J connectivity index is 1.81. The Hall–Kier alpha value is -3.25. The van der Waals surface area contributed by atoms with Gasteiger partial charge in [0, 0.05) is 34.7 Å². The van der Waals surface area contributed by atoms with Gasteiger partial charge in [0.2, 0.25) is 0 Å². The Bertz CT molecular complexity index is 1170. The number of Topliss-reactive ketones (excluding diaryl/α,β-unsaturated/α-hetero) is 1. The smallest absolute Gasteiger partial charge is 0.336 e. The van der Waals surface area contributed by atoms with Crippen molar-refractivity contribution in [3.63, 3.8) is 0 Å². The number of ether oxygens (including phenoxy) is 3. The van der Waals surface area contributed by atoms with Gasteiger partial charge in [-0.2, -0.15) is 0 Å². The molecule has 3 unspecified atom stereocenters. The van der Waals surface area contributed by atoms with E-state index < -0.39 is 17.8 Å². The van der Waals surface area contributed by atoms with E-state index in [1.807, 2.05) is 37.3 Å². The minimum absolute atomic E-state index is 0.0404. The molecule has 172 valence electrons. The van der Waals surface area contributed by atoms with Crippen molar-refractivity contribution in [2.45, 2.75) is 25.2 Å². The topological polar surface area (TPSA) is 73.9 Å². The Morgan fingerprint density at radius 1 is 1.00 bits per heavy atom. The molecule has 0 radical (unpaired) electrons. The molecule has 2 aromatic carbocycles. The fourth-order valence-electron chi connectivity index (χ4n) is 4.81. The molecular weight excluding hydrogens is 442 g/mol. The number of hydrogen-bond acceptors (Lipinski definition) is 6. The summed E-state index contributed by atoms with van der Waals surface area (Å²) in [5.74, 6) is -0.325. The van der Waals surface area contributed by atoms with Crippen molar-refractivity contribution < 1.29 is 23.8 Å². The van der Waals surface area contributed by atoms with Crippen LogP contribution >= 0.6 is 11.6 Å². The molecule has 1 heterocycles.